The van der Waals surface area contributed by atoms with Crippen molar-refractivity contribution in [1.82, 2.24) is 10.2 Å². The first-order valence-corrected chi connectivity index (χ1v) is 15.1. The second kappa shape index (κ2) is 14.4. The maximum absolute atomic E-state index is 13.4. The minimum Gasteiger partial charge on any atom is -0.354 e. The summed E-state index contributed by atoms with van der Waals surface area (Å²) in [5, 5.41) is 4.24. The Morgan fingerprint density at radius 2 is 1.62 bits per heavy atom. The smallest absolute Gasteiger partial charge is 0.242 e. The number of benzene rings is 2. The van der Waals surface area contributed by atoms with Crippen molar-refractivity contribution in [2.24, 2.45) is 0 Å². The van der Waals surface area contributed by atoms with Crippen LogP contribution in [0.4, 0.5) is 5.69 Å². The Hall–Kier alpha value is -1.71. The monoisotopic (exact) mass is 609 g/mol. The van der Waals surface area contributed by atoms with Gasteiger partial charge in [0, 0.05) is 41.1 Å². The van der Waals surface area contributed by atoms with Crippen LogP contribution < -0.4 is 9.62 Å². The van der Waals surface area contributed by atoms with Crippen molar-refractivity contribution < 1.29 is 18.0 Å². The highest BCUT2D eigenvalue weighted by Crippen LogP contribution is 2.31. The Kier molecular flexibility index (Phi) is 12.3. The second-order valence-electron chi connectivity index (χ2n) is 8.61. The number of sulfonamides is 1. The van der Waals surface area contributed by atoms with Crippen LogP contribution in [0, 0.1) is 0 Å². The van der Waals surface area contributed by atoms with E-state index in [0.29, 0.717) is 27.2 Å². The van der Waals surface area contributed by atoms with Gasteiger partial charge in [-0.15, -0.1) is 0 Å². The van der Waals surface area contributed by atoms with E-state index in [1.807, 2.05) is 6.92 Å². The molecule has 0 spiro atoms. The molecule has 0 saturated carbocycles. The van der Waals surface area contributed by atoms with Gasteiger partial charge in [-0.05, 0) is 55.7 Å². The normalized spacial score (nSPS) is 12.2. The summed E-state index contributed by atoms with van der Waals surface area (Å²) in [6.07, 6.45) is 2.98. The average Bonchev–Trinajstić information content (AvgIpc) is 2.82. The molecule has 12 heteroatoms. The molecule has 1 atom stereocenters. The third kappa shape index (κ3) is 9.52. The molecule has 0 bridgehead atoms. The summed E-state index contributed by atoms with van der Waals surface area (Å²) < 4.78 is 26.1. The number of anilines is 1. The lowest BCUT2D eigenvalue weighted by Crippen LogP contribution is -2.48. The number of carbonyl (C=O) groups is 2. The third-order valence-electron chi connectivity index (χ3n) is 5.68. The van der Waals surface area contributed by atoms with Gasteiger partial charge in [0.1, 0.15) is 6.04 Å². The molecule has 2 aromatic carbocycles. The Morgan fingerprint density at radius 1 is 0.973 bits per heavy atom. The Balaban J connectivity index is 2.22. The molecule has 0 radical (unpaired) electrons. The summed E-state index contributed by atoms with van der Waals surface area (Å²) in [5.41, 5.74) is 0.869. The largest absolute Gasteiger partial charge is 0.354 e. The fourth-order valence-corrected chi connectivity index (χ4v) is 5.48. The van der Waals surface area contributed by atoms with E-state index in [1.165, 1.54) is 17.0 Å². The number of nitrogens with zero attached hydrogens (tertiary/aromatic N) is 2. The first kappa shape index (κ1) is 31.5. The van der Waals surface area contributed by atoms with Crippen molar-refractivity contribution in [2.45, 2.75) is 52.1 Å². The molecule has 0 fully saturated rings. The minimum atomic E-state index is -3.71. The highest BCUT2D eigenvalue weighted by molar-refractivity contribution is 7.92. The molecule has 0 saturated heterocycles. The third-order valence-corrected chi connectivity index (χ3v) is 8.00. The van der Waals surface area contributed by atoms with Crippen LogP contribution >= 0.6 is 46.4 Å². The molecule has 0 aliphatic carbocycles. The van der Waals surface area contributed by atoms with Crippen LogP contribution in [0.15, 0.2) is 36.4 Å². The molecule has 1 unspecified atom stereocenters. The highest BCUT2D eigenvalue weighted by atomic mass is 35.5. The predicted molar refractivity (Wildman–Crippen MR) is 152 cm³/mol. The predicted octanol–water partition coefficient (Wildman–Crippen LogP) is 6.18. The molecule has 0 aliphatic heterocycles. The van der Waals surface area contributed by atoms with Crippen LogP contribution in [0.2, 0.25) is 20.1 Å². The summed E-state index contributed by atoms with van der Waals surface area (Å²) >= 11 is 24.6. The lowest BCUT2D eigenvalue weighted by atomic mass is 10.1. The first-order chi connectivity index (χ1) is 17.3. The van der Waals surface area contributed by atoms with Gasteiger partial charge in [0.2, 0.25) is 21.8 Å². The number of carbonyl (C=O) groups excluding carboxylic acids is 2. The van der Waals surface area contributed by atoms with E-state index in [9.17, 15) is 18.0 Å². The molecule has 0 aromatic heterocycles. The van der Waals surface area contributed by atoms with Crippen LogP contribution in [-0.2, 0) is 26.2 Å². The highest BCUT2D eigenvalue weighted by Gasteiger charge is 2.27. The van der Waals surface area contributed by atoms with Crippen LogP contribution in [-0.4, -0.2) is 50.5 Å². The number of rotatable bonds is 13. The molecular weight excluding hydrogens is 580 g/mol. The van der Waals surface area contributed by atoms with Crippen LogP contribution in [0.25, 0.3) is 0 Å². The fraction of sp³-hybridized carbons (Fsp3) is 0.440. The molecule has 2 rings (SSSR count). The van der Waals surface area contributed by atoms with Gasteiger partial charge >= 0.3 is 0 Å². The molecule has 1 N–H and O–H groups in total. The van der Waals surface area contributed by atoms with Crippen LogP contribution in [0.3, 0.4) is 0 Å². The summed E-state index contributed by atoms with van der Waals surface area (Å²) in [7, 11) is -3.71. The SMILES string of the molecule is CCCCNC(=O)C(C)N(Cc1ccc(Cl)cc1Cl)C(=O)CCCN(c1cc(Cl)ccc1Cl)S(C)(=O)=O. The van der Waals surface area contributed by atoms with Crippen LogP contribution in [0.1, 0.15) is 45.1 Å². The number of hydrogen-bond donors (Lipinski definition) is 1. The molecular formula is C25H31Cl4N3O4S. The zero-order valence-corrected chi connectivity index (χ0v) is 24.8. The molecule has 7 nitrogen and oxygen atoms in total. The van der Waals surface area contributed by atoms with E-state index >= 15 is 0 Å². The second-order valence-corrected chi connectivity index (χ2v) is 12.2. The summed E-state index contributed by atoms with van der Waals surface area (Å²) in [6.45, 7) is 4.26. The Bertz CT molecular complexity index is 1210. The summed E-state index contributed by atoms with van der Waals surface area (Å²) in [5.74, 6) is -0.606. The van der Waals surface area contributed by atoms with E-state index in [0.717, 1.165) is 23.4 Å². The molecule has 2 aromatic rings. The molecule has 37 heavy (non-hydrogen) atoms. The number of amides is 2. The van der Waals surface area contributed by atoms with Gasteiger partial charge in [-0.3, -0.25) is 13.9 Å². The molecule has 204 valence electrons. The van der Waals surface area contributed by atoms with E-state index in [4.69, 9.17) is 46.4 Å². The number of hydrogen-bond acceptors (Lipinski definition) is 4. The Labute approximate surface area is 239 Å². The maximum atomic E-state index is 13.4. The Morgan fingerprint density at radius 3 is 2.24 bits per heavy atom. The lowest BCUT2D eigenvalue weighted by Gasteiger charge is -2.30. The first-order valence-electron chi connectivity index (χ1n) is 11.8. The number of halogens is 4. The van der Waals surface area contributed by atoms with Gasteiger partial charge in [0.05, 0.1) is 17.0 Å². The van der Waals surface area contributed by atoms with Crippen molar-refractivity contribution >= 4 is 73.9 Å². The maximum Gasteiger partial charge on any atom is 0.242 e. The van der Waals surface area contributed by atoms with Gasteiger partial charge in [-0.25, -0.2) is 8.42 Å². The van der Waals surface area contributed by atoms with E-state index in [-0.39, 0.29) is 48.5 Å². The van der Waals surface area contributed by atoms with Crippen molar-refractivity contribution in [2.75, 3.05) is 23.7 Å². The molecule has 0 aliphatic rings. The van der Waals surface area contributed by atoms with E-state index < -0.39 is 16.1 Å². The van der Waals surface area contributed by atoms with Crippen molar-refractivity contribution in [3.05, 3.63) is 62.1 Å². The van der Waals surface area contributed by atoms with Crippen LogP contribution in [0.5, 0.6) is 0 Å². The quantitative estimate of drug-likeness (QED) is 0.274. The standard InChI is InChI=1S/C25H31Cl4N3O4S/c1-4-5-12-30-25(34)17(2)31(16-18-8-9-19(26)14-22(18)29)24(33)7-6-13-32(37(3,35)36)23-15-20(27)10-11-21(23)28/h8-11,14-15,17H,4-7,12-13,16H2,1-3H3,(H,30,34). The van der Waals surface area contributed by atoms with E-state index in [2.05, 4.69) is 5.32 Å². The van der Waals surface area contributed by atoms with Gasteiger partial charge in [0.15, 0.2) is 0 Å². The van der Waals surface area contributed by atoms with Crippen molar-refractivity contribution in [3.8, 4) is 0 Å². The lowest BCUT2D eigenvalue weighted by molar-refractivity contribution is -0.140. The topological polar surface area (TPSA) is 86.8 Å². The molecule has 0 heterocycles. The zero-order valence-electron chi connectivity index (χ0n) is 20.9. The number of nitrogens with one attached hydrogen (secondary N) is 1. The average molecular weight is 611 g/mol. The van der Waals surface area contributed by atoms with Gasteiger partial charge < -0.3 is 10.2 Å². The zero-order chi connectivity index (χ0) is 27.8. The van der Waals surface area contributed by atoms with Crippen molar-refractivity contribution in [3.63, 3.8) is 0 Å². The van der Waals surface area contributed by atoms with Gasteiger partial charge in [-0.2, -0.15) is 0 Å². The van der Waals surface area contributed by atoms with Gasteiger partial charge in [0.25, 0.3) is 0 Å². The van der Waals surface area contributed by atoms with E-state index in [1.54, 1.807) is 31.2 Å². The summed E-state index contributed by atoms with van der Waals surface area (Å²) in [4.78, 5) is 27.6. The number of unbranched alkanes of at least 4 members (excludes halogenated alkanes) is 1. The molecule has 2 amide bonds. The summed E-state index contributed by atoms with van der Waals surface area (Å²) in [6, 6.07) is 8.71. The minimum absolute atomic E-state index is 0.00272. The van der Waals surface area contributed by atoms with Crippen molar-refractivity contribution in [1.29, 1.82) is 0 Å². The fourth-order valence-electron chi connectivity index (χ4n) is 3.61. The van der Waals surface area contributed by atoms with Gasteiger partial charge in [-0.1, -0.05) is 65.8 Å².